The molecule has 0 atom stereocenters. The van der Waals surface area contributed by atoms with Crippen molar-refractivity contribution in [2.45, 2.75) is 31.6 Å². The number of carbonyl (C=O) groups excluding carboxylic acids is 2. The van der Waals surface area contributed by atoms with E-state index in [-0.39, 0.29) is 24.2 Å². The molecule has 0 radical (unpaired) electrons. The van der Waals surface area contributed by atoms with Gasteiger partial charge in [-0.1, -0.05) is 6.07 Å². The van der Waals surface area contributed by atoms with E-state index in [9.17, 15) is 9.59 Å². The molecule has 0 bridgehead atoms. The van der Waals surface area contributed by atoms with Gasteiger partial charge in [0.2, 0.25) is 11.9 Å². The predicted molar refractivity (Wildman–Crippen MR) is 109 cm³/mol. The van der Waals surface area contributed by atoms with E-state index in [0.29, 0.717) is 30.4 Å². The summed E-state index contributed by atoms with van der Waals surface area (Å²) in [6.45, 7) is 2.63. The van der Waals surface area contributed by atoms with Gasteiger partial charge in [-0.05, 0) is 50.6 Å². The molecule has 1 aromatic carbocycles. The second-order valence-electron chi connectivity index (χ2n) is 7.09. The Morgan fingerprint density at radius 3 is 2.79 bits per heavy atom. The van der Waals surface area contributed by atoms with Crippen LogP contribution in [-0.2, 0) is 11.8 Å². The number of amides is 2. The zero-order chi connectivity index (χ0) is 18.8. The lowest BCUT2D eigenvalue weighted by atomic mass is 9.98. The van der Waals surface area contributed by atoms with Gasteiger partial charge in [0, 0.05) is 37.2 Å². The van der Waals surface area contributed by atoms with Crippen molar-refractivity contribution in [3.63, 3.8) is 0 Å². The van der Waals surface area contributed by atoms with E-state index in [0.717, 1.165) is 43.9 Å². The fourth-order valence-electron chi connectivity index (χ4n) is 3.68. The number of piperidine rings is 1. The third-order valence-electron chi connectivity index (χ3n) is 5.20. The molecule has 1 aromatic heterocycles. The number of hydrogen-bond acceptors (Lipinski definition) is 5. The first-order valence-corrected chi connectivity index (χ1v) is 9.45. The van der Waals surface area contributed by atoms with E-state index in [1.165, 1.54) is 0 Å². The van der Waals surface area contributed by atoms with Crippen molar-refractivity contribution in [3.05, 3.63) is 35.7 Å². The largest absolute Gasteiger partial charge is 0.317 e. The SMILES string of the molecule is Cl.Cn1nc(C2CCNCC2)nc1NC(=O)c1cccc(N2CCCC2=O)c1. The second kappa shape index (κ2) is 8.70. The van der Waals surface area contributed by atoms with Crippen molar-refractivity contribution in [1.29, 1.82) is 0 Å². The van der Waals surface area contributed by atoms with Crippen LogP contribution in [0.2, 0.25) is 0 Å². The fraction of sp³-hybridized carbons (Fsp3) is 0.474. The summed E-state index contributed by atoms with van der Waals surface area (Å²) in [6, 6.07) is 7.15. The number of anilines is 2. The van der Waals surface area contributed by atoms with Crippen LogP contribution in [0.4, 0.5) is 11.6 Å². The van der Waals surface area contributed by atoms with Gasteiger partial charge in [-0.25, -0.2) is 4.68 Å². The Labute approximate surface area is 170 Å². The zero-order valence-corrected chi connectivity index (χ0v) is 16.7. The van der Waals surface area contributed by atoms with Gasteiger partial charge in [-0.2, -0.15) is 10.1 Å². The summed E-state index contributed by atoms with van der Waals surface area (Å²) in [5.74, 6) is 1.40. The Kier molecular flexibility index (Phi) is 6.31. The van der Waals surface area contributed by atoms with Crippen molar-refractivity contribution in [1.82, 2.24) is 20.1 Å². The minimum Gasteiger partial charge on any atom is -0.317 e. The lowest BCUT2D eigenvalue weighted by Gasteiger charge is -2.19. The maximum absolute atomic E-state index is 12.7. The average molecular weight is 405 g/mol. The Morgan fingerprint density at radius 2 is 2.07 bits per heavy atom. The number of hydrogen-bond donors (Lipinski definition) is 2. The molecule has 8 nitrogen and oxygen atoms in total. The zero-order valence-electron chi connectivity index (χ0n) is 15.9. The van der Waals surface area contributed by atoms with Crippen molar-refractivity contribution in [2.24, 2.45) is 7.05 Å². The second-order valence-corrected chi connectivity index (χ2v) is 7.09. The highest BCUT2D eigenvalue weighted by molar-refractivity contribution is 6.05. The minimum atomic E-state index is -0.254. The van der Waals surface area contributed by atoms with E-state index in [1.807, 2.05) is 6.07 Å². The highest BCUT2D eigenvalue weighted by atomic mass is 35.5. The molecule has 2 N–H and O–H groups in total. The molecule has 2 aliphatic heterocycles. The molecule has 0 aliphatic carbocycles. The van der Waals surface area contributed by atoms with E-state index in [2.05, 4.69) is 20.7 Å². The number of rotatable bonds is 4. The summed E-state index contributed by atoms with van der Waals surface area (Å²) in [5, 5.41) is 10.7. The molecule has 2 amide bonds. The first-order chi connectivity index (χ1) is 13.1. The van der Waals surface area contributed by atoms with Crippen LogP contribution in [0.5, 0.6) is 0 Å². The maximum atomic E-state index is 12.7. The number of nitrogens with one attached hydrogen (secondary N) is 2. The topological polar surface area (TPSA) is 92.2 Å². The molecule has 4 rings (SSSR count). The third-order valence-corrected chi connectivity index (χ3v) is 5.20. The quantitative estimate of drug-likeness (QED) is 0.813. The van der Waals surface area contributed by atoms with Gasteiger partial charge in [0.1, 0.15) is 0 Å². The first kappa shape index (κ1) is 20.3. The number of benzene rings is 1. The predicted octanol–water partition coefficient (Wildman–Crippen LogP) is 2.08. The molecule has 0 unspecified atom stereocenters. The molecular formula is C19H25ClN6O2. The summed E-state index contributed by atoms with van der Waals surface area (Å²) < 4.78 is 1.61. The molecule has 2 fully saturated rings. The lowest BCUT2D eigenvalue weighted by molar-refractivity contribution is -0.117. The molecule has 2 aromatic rings. The van der Waals surface area contributed by atoms with Crippen molar-refractivity contribution < 1.29 is 9.59 Å². The van der Waals surface area contributed by atoms with Gasteiger partial charge < -0.3 is 10.2 Å². The number of nitrogens with zero attached hydrogens (tertiary/aromatic N) is 4. The Morgan fingerprint density at radius 1 is 1.29 bits per heavy atom. The monoisotopic (exact) mass is 404 g/mol. The van der Waals surface area contributed by atoms with Crippen LogP contribution in [0, 0.1) is 0 Å². The van der Waals surface area contributed by atoms with Gasteiger partial charge in [-0.3, -0.25) is 14.9 Å². The standard InChI is InChI=1S/C19H24N6O2.ClH/c1-24-19(21-17(23-24)13-7-9-20-10-8-13)22-18(27)14-4-2-5-15(12-14)25-11-3-6-16(25)26;/h2,4-5,12-13,20H,3,6-11H2,1H3,(H,21,22,23,27);1H. The van der Waals surface area contributed by atoms with Crippen LogP contribution in [0.25, 0.3) is 0 Å². The molecule has 28 heavy (non-hydrogen) atoms. The molecule has 2 aliphatic rings. The molecule has 0 saturated carbocycles. The summed E-state index contributed by atoms with van der Waals surface area (Å²) in [7, 11) is 1.78. The summed E-state index contributed by atoms with van der Waals surface area (Å²) in [5.41, 5.74) is 1.26. The number of carbonyl (C=O) groups is 2. The minimum absolute atomic E-state index is 0. The Bertz CT molecular complexity index is 862. The van der Waals surface area contributed by atoms with Crippen LogP contribution >= 0.6 is 12.4 Å². The molecule has 2 saturated heterocycles. The molecule has 3 heterocycles. The highest BCUT2D eigenvalue weighted by Crippen LogP contribution is 2.24. The van der Waals surface area contributed by atoms with E-state index < -0.39 is 0 Å². The van der Waals surface area contributed by atoms with Crippen molar-refractivity contribution in [2.75, 3.05) is 29.9 Å². The van der Waals surface area contributed by atoms with Gasteiger partial charge in [0.05, 0.1) is 0 Å². The molecule has 150 valence electrons. The van der Waals surface area contributed by atoms with Crippen LogP contribution < -0.4 is 15.5 Å². The van der Waals surface area contributed by atoms with E-state index in [4.69, 9.17) is 0 Å². The van der Waals surface area contributed by atoms with Gasteiger partial charge >= 0.3 is 0 Å². The Balaban J connectivity index is 0.00000225. The number of aryl methyl sites for hydroxylation is 1. The van der Waals surface area contributed by atoms with Crippen LogP contribution in [0.1, 0.15) is 47.8 Å². The normalized spacial score (nSPS) is 17.5. The smallest absolute Gasteiger partial charge is 0.258 e. The van der Waals surface area contributed by atoms with Crippen LogP contribution in [0.3, 0.4) is 0 Å². The molecule has 0 spiro atoms. The number of halogens is 1. The molecular weight excluding hydrogens is 380 g/mol. The Hall–Kier alpha value is -2.45. The third kappa shape index (κ3) is 4.18. The van der Waals surface area contributed by atoms with E-state index in [1.54, 1.807) is 34.8 Å². The van der Waals surface area contributed by atoms with Crippen molar-refractivity contribution >= 4 is 35.9 Å². The summed E-state index contributed by atoms with van der Waals surface area (Å²) in [6.07, 6.45) is 3.43. The number of aromatic nitrogens is 3. The van der Waals surface area contributed by atoms with Gasteiger partial charge in [-0.15, -0.1) is 12.4 Å². The van der Waals surface area contributed by atoms with E-state index >= 15 is 0 Å². The van der Waals surface area contributed by atoms with Gasteiger partial charge in [0.15, 0.2) is 5.82 Å². The van der Waals surface area contributed by atoms with Crippen molar-refractivity contribution in [3.8, 4) is 0 Å². The molecule has 9 heteroatoms. The van der Waals surface area contributed by atoms with Crippen LogP contribution in [0.15, 0.2) is 24.3 Å². The fourth-order valence-corrected chi connectivity index (χ4v) is 3.68. The average Bonchev–Trinajstić information content (AvgIpc) is 3.28. The first-order valence-electron chi connectivity index (χ1n) is 9.45. The highest BCUT2D eigenvalue weighted by Gasteiger charge is 2.23. The lowest BCUT2D eigenvalue weighted by Crippen LogP contribution is -2.27. The summed E-state index contributed by atoms with van der Waals surface area (Å²) in [4.78, 5) is 30.9. The van der Waals surface area contributed by atoms with Crippen LogP contribution in [-0.4, -0.2) is 46.2 Å². The summed E-state index contributed by atoms with van der Waals surface area (Å²) >= 11 is 0. The maximum Gasteiger partial charge on any atom is 0.258 e. The van der Waals surface area contributed by atoms with Gasteiger partial charge in [0.25, 0.3) is 5.91 Å².